The smallest absolute Gasteiger partial charge is 0.335 e. The van der Waals surface area contributed by atoms with E-state index in [2.05, 4.69) is 6.92 Å². The third kappa shape index (κ3) is 3.24. The molecule has 2 bridgehead atoms. The van der Waals surface area contributed by atoms with Crippen LogP contribution in [0, 0.1) is 0 Å². The highest BCUT2D eigenvalue weighted by Gasteiger charge is 2.55. The molecule has 1 fully saturated rings. The Morgan fingerprint density at radius 1 is 1.09 bits per heavy atom. The van der Waals surface area contributed by atoms with Crippen molar-refractivity contribution in [1.29, 1.82) is 0 Å². The van der Waals surface area contributed by atoms with Crippen molar-refractivity contribution in [3.63, 3.8) is 0 Å². The number of urea groups is 1. The SMILES string of the molecule is CCc1cccc(N2C(=O)N(C(=O)c3ccc(Cl)cc3)[C@H]3C[C@@]2(C)Oc2ccccc23)c1. The van der Waals surface area contributed by atoms with Crippen LogP contribution in [0.25, 0.3) is 0 Å². The number of nitrogens with zero attached hydrogens (tertiary/aromatic N) is 2. The standard InChI is InChI=1S/C26H23ClN2O3/c1-3-17-7-6-8-20(15-17)29-25(31)28(24(30)18-11-13-19(27)14-12-18)22-16-26(29,2)32-23-10-5-4-9-21(22)23/h4-15,22H,3,16H2,1-2H3/t22-,26+/m0/s1. The Labute approximate surface area is 192 Å². The number of hydrogen-bond donors (Lipinski definition) is 0. The Balaban J connectivity index is 1.66. The van der Waals surface area contributed by atoms with E-state index in [0.29, 0.717) is 28.4 Å². The van der Waals surface area contributed by atoms with Crippen LogP contribution in [-0.4, -0.2) is 22.6 Å². The highest BCUT2D eigenvalue weighted by atomic mass is 35.5. The first-order valence-electron chi connectivity index (χ1n) is 10.7. The van der Waals surface area contributed by atoms with Gasteiger partial charge < -0.3 is 4.74 Å². The van der Waals surface area contributed by atoms with Gasteiger partial charge in [-0.05, 0) is 61.4 Å². The summed E-state index contributed by atoms with van der Waals surface area (Å²) in [6.07, 6.45) is 1.30. The quantitative estimate of drug-likeness (QED) is 0.479. The van der Waals surface area contributed by atoms with Crippen molar-refractivity contribution in [2.24, 2.45) is 0 Å². The van der Waals surface area contributed by atoms with E-state index in [4.69, 9.17) is 16.3 Å². The van der Waals surface area contributed by atoms with E-state index < -0.39 is 17.8 Å². The number of carbonyl (C=O) groups is 2. The van der Waals surface area contributed by atoms with Crippen molar-refractivity contribution in [3.05, 3.63) is 94.5 Å². The van der Waals surface area contributed by atoms with Gasteiger partial charge in [0.05, 0.1) is 6.04 Å². The summed E-state index contributed by atoms with van der Waals surface area (Å²) in [5.74, 6) is 0.330. The molecule has 3 aromatic rings. The maximum absolute atomic E-state index is 14.0. The van der Waals surface area contributed by atoms with Crippen molar-refractivity contribution in [2.45, 2.75) is 38.5 Å². The van der Waals surface area contributed by atoms with Crippen LogP contribution >= 0.6 is 11.6 Å². The van der Waals surface area contributed by atoms with Crippen LogP contribution < -0.4 is 9.64 Å². The zero-order valence-electron chi connectivity index (χ0n) is 17.9. The number of rotatable bonds is 3. The predicted molar refractivity (Wildman–Crippen MR) is 124 cm³/mol. The van der Waals surface area contributed by atoms with Crippen molar-refractivity contribution in [2.75, 3.05) is 4.90 Å². The minimum atomic E-state index is -0.917. The van der Waals surface area contributed by atoms with E-state index in [1.165, 1.54) is 4.90 Å². The highest BCUT2D eigenvalue weighted by molar-refractivity contribution is 6.30. The normalized spacial score (nSPS) is 21.7. The second-order valence-electron chi connectivity index (χ2n) is 8.36. The van der Waals surface area contributed by atoms with Gasteiger partial charge >= 0.3 is 6.03 Å². The fourth-order valence-electron chi connectivity index (χ4n) is 4.67. The summed E-state index contributed by atoms with van der Waals surface area (Å²) in [7, 11) is 0. The summed E-state index contributed by atoms with van der Waals surface area (Å²) in [6, 6.07) is 21.2. The molecule has 0 N–H and O–H groups in total. The van der Waals surface area contributed by atoms with Crippen LogP contribution in [0.3, 0.4) is 0 Å². The number of ether oxygens (including phenoxy) is 1. The lowest BCUT2D eigenvalue weighted by Crippen LogP contribution is -2.67. The zero-order chi connectivity index (χ0) is 22.5. The monoisotopic (exact) mass is 446 g/mol. The average Bonchev–Trinajstić information content (AvgIpc) is 2.79. The minimum Gasteiger partial charge on any atom is -0.467 e. The number of amides is 3. The average molecular weight is 447 g/mol. The Kier molecular flexibility index (Phi) is 4.94. The van der Waals surface area contributed by atoms with Gasteiger partial charge in [0.15, 0.2) is 5.72 Å². The van der Waals surface area contributed by atoms with Gasteiger partial charge in [-0.15, -0.1) is 0 Å². The topological polar surface area (TPSA) is 49.9 Å². The van der Waals surface area contributed by atoms with E-state index in [0.717, 1.165) is 17.5 Å². The molecule has 3 aromatic carbocycles. The van der Waals surface area contributed by atoms with Crippen LogP contribution in [0.5, 0.6) is 5.75 Å². The highest BCUT2D eigenvalue weighted by Crippen LogP contribution is 2.49. The molecule has 1 saturated heterocycles. The summed E-state index contributed by atoms with van der Waals surface area (Å²) in [6.45, 7) is 3.98. The molecule has 0 aromatic heterocycles. The summed E-state index contributed by atoms with van der Waals surface area (Å²) in [5, 5.41) is 0.536. The van der Waals surface area contributed by atoms with Crippen molar-refractivity contribution >= 4 is 29.2 Å². The predicted octanol–water partition coefficient (Wildman–Crippen LogP) is 6.22. The Morgan fingerprint density at radius 3 is 2.59 bits per heavy atom. The zero-order valence-corrected chi connectivity index (χ0v) is 18.7. The number of carbonyl (C=O) groups excluding carboxylic acids is 2. The second-order valence-corrected chi connectivity index (χ2v) is 8.79. The second kappa shape index (κ2) is 7.68. The van der Waals surface area contributed by atoms with Gasteiger partial charge in [0.1, 0.15) is 5.75 Å². The Bertz CT molecular complexity index is 1210. The lowest BCUT2D eigenvalue weighted by Gasteiger charge is -2.53. The van der Waals surface area contributed by atoms with E-state index >= 15 is 0 Å². The molecule has 0 aliphatic carbocycles. The van der Waals surface area contributed by atoms with Crippen LogP contribution in [0.4, 0.5) is 10.5 Å². The maximum Gasteiger partial charge on any atom is 0.335 e. The molecular formula is C26H23ClN2O3. The first-order valence-corrected chi connectivity index (χ1v) is 11.1. The molecule has 6 heteroatoms. The largest absolute Gasteiger partial charge is 0.467 e. The number of benzene rings is 3. The van der Waals surface area contributed by atoms with Gasteiger partial charge in [0, 0.05) is 28.3 Å². The van der Waals surface area contributed by atoms with Crippen LogP contribution in [0.2, 0.25) is 5.02 Å². The van der Waals surface area contributed by atoms with Crippen LogP contribution in [0.15, 0.2) is 72.8 Å². The van der Waals surface area contributed by atoms with E-state index in [-0.39, 0.29) is 5.91 Å². The molecule has 32 heavy (non-hydrogen) atoms. The lowest BCUT2D eigenvalue weighted by molar-refractivity contribution is 0.00268. The molecule has 162 valence electrons. The van der Waals surface area contributed by atoms with Gasteiger partial charge in [0.2, 0.25) is 0 Å². The Morgan fingerprint density at radius 2 is 1.84 bits per heavy atom. The van der Waals surface area contributed by atoms with Crippen LogP contribution in [-0.2, 0) is 6.42 Å². The molecule has 0 spiro atoms. The van der Waals surface area contributed by atoms with E-state index in [1.807, 2.05) is 55.5 Å². The number of imide groups is 1. The number of para-hydroxylation sites is 1. The molecule has 2 aliphatic rings. The number of fused-ring (bicyclic) bond motifs is 4. The summed E-state index contributed by atoms with van der Waals surface area (Å²) >= 11 is 6.02. The van der Waals surface area contributed by atoms with Gasteiger partial charge in [-0.25, -0.2) is 4.79 Å². The molecule has 2 atom stereocenters. The summed E-state index contributed by atoms with van der Waals surface area (Å²) in [4.78, 5) is 30.6. The minimum absolute atomic E-state index is 0.355. The number of aryl methyl sites for hydroxylation is 1. The summed E-state index contributed by atoms with van der Waals surface area (Å²) in [5.41, 5.74) is 2.15. The fourth-order valence-corrected chi connectivity index (χ4v) is 4.79. The number of hydrogen-bond acceptors (Lipinski definition) is 3. The third-order valence-corrected chi connectivity index (χ3v) is 6.50. The molecule has 0 radical (unpaired) electrons. The molecular weight excluding hydrogens is 424 g/mol. The first-order chi connectivity index (χ1) is 15.4. The molecule has 5 nitrogen and oxygen atoms in total. The molecule has 0 unspecified atom stereocenters. The van der Waals surface area contributed by atoms with Gasteiger partial charge in [-0.3, -0.25) is 14.6 Å². The molecule has 3 amide bonds. The van der Waals surface area contributed by atoms with Gasteiger partial charge in [-0.2, -0.15) is 0 Å². The molecule has 2 heterocycles. The van der Waals surface area contributed by atoms with Crippen molar-refractivity contribution < 1.29 is 14.3 Å². The van der Waals surface area contributed by atoms with Gasteiger partial charge in [-0.1, -0.05) is 48.9 Å². The van der Waals surface area contributed by atoms with E-state index in [9.17, 15) is 9.59 Å². The fraction of sp³-hybridized carbons (Fsp3) is 0.231. The van der Waals surface area contributed by atoms with E-state index in [1.54, 1.807) is 29.2 Å². The third-order valence-electron chi connectivity index (χ3n) is 6.25. The molecule has 2 aliphatic heterocycles. The number of anilines is 1. The Hall–Kier alpha value is -3.31. The van der Waals surface area contributed by atoms with Crippen molar-refractivity contribution in [3.8, 4) is 5.75 Å². The molecule has 5 rings (SSSR count). The van der Waals surface area contributed by atoms with Crippen LogP contribution in [0.1, 0.15) is 47.8 Å². The maximum atomic E-state index is 14.0. The van der Waals surface area contributed by atoms with Crippen molar-refractivity contribution in [1.82, 2.24) is 4.90 Å². The number of halogens is 1. The lowest BCUT2D eigenvalue weighted by atomic mass is 9.88. The molecule has 0 saturated carbocycles. The van der Waals surface area contributed by atoms with Gasteiger partial charge in [0.25, 0.3) is 5.91 Å². The summed E-state index contributed by atoms with van der Waals surface area (Å²) < 4.78 is 6.40. The first kappa shape index (κ1) is 20.6.